The van der Waals surface area contributed by atoms with Gasteiger partial charge in [0.15, 0.2) is 5.82 Å². The summed E-state index contributed by atoms with van der Waals surface area (Å²) >= 11 is 0. The van der Waals surface area contributed by atoms with Gasteiger partial charge in [0.25, 0.3) is 5.69 Å². The molecule has 4 rings (SSSR count). The maximum Gasteiger partial charge on any atom is 0.269 e. The van der Waals surface area contributed by atoms with Gasteiger partial charge >= 0.3 is 0 Å². The van der Waals surface area contributed by atoms with E-state index in [9.17, 15) is 15.2 Å². The first-order chi connectivity index (χ1) is 14.5. The first-order valence-corrected chi connectivity index (χ1v) is 10.8. The number of aliphatic hydroxyl groups is 1. The van der Waals surface area contributed by atoms with Crippen LogP contribution in [0.4, 0.5) is 11.5 Å². The standard InChI is InChI=1S/C22H29N5O3/c1-15-14-21(25-22(23-15)16-6-8-18(9-7-16)27(29)30)24-17-10-12-26(13-11-17)19-4-2-3-5-20(19)28/h6-9,14,17,19-20,28H,2-5,10-13H2,1H3,(H,23,24,25). The number of aliphatic hydroxyl groups excluding tert-OH is 1. The van der Waals surface area contributed by atoms with E-state index < -0.39 is 4.92 Å². The van der Waals surface area contributed by atoms with E-state index in [0.717, 1.165) is 62.3 Å². The van der Waals surface area contributed by atoms with Crippen molar-refractivity contribution < 1.29 is 10.0 Å². The molecule has 8 heteroatoms. The maximum absolute atomic E-state index is 10.9. The fourth-order valence-electron chi connectivity index (χ4n) is 4.61. The molecule has 2 atom stereocenters. The highest BCUT2D eigenvalue weighted by Gasteiger charge is 2.31. The van der Waals surface area contributed by atoms with Crippen molar-refractivity contribution >= 4 is 11.5 Å². The van der Waals surface area contributed by atoms with Gasteiger partial charge in [-0.3, -0.25) is 15.0 Å². The van der Waals surface area contributed by atoms with Crippen molar-refractivity contribution in [3.63, 3.8) is 0 Å². The van der Waals surface area contributed by atoms with Gasteiger partial charge in [-0.1, -0.05) is 12.8 Å². The lowest BCUT2D eigenvalue weighted by Crippen LogP contribution is -2.50. The molecule has 2 aliphatic rings. The van der Waals surface area contributed by atoms with E-state index in [1.165, 1.54) is 18.6 Å². The molecule has 160 valence electrons. The molecule has 2 fully saturated rings. The van der Waals surface area contributed by atoms with Gasteiger partial charge in [-0.2, -0.15) is 0 Å². The minimum Gasteiger partial charge on any atom is -0.391 e. The summed E-state index contributed by atoms with van der Waals surface area (Å²) < 4.78 is 0. The second-order valence-corrected chi connectivity index (χ2v) is 8.40. The highest BCUT2D eigenvalue weighted by molar-refractivity contribution is 5.59. The average Bonchev–Trinajstić information content (AvgIpc) is 2.74. The Bertz CT molecular complexity index is 881. The van der Waals surface area contributed by atoms with Gasteiger partial charge in [-0.15, -0.1) is 0 Å². The van der Waals surface area contributed by atoms with Crippen molar-refractivity contribution in [3.05, 3.63) is 46.1 Å². The Labute approximate surface area is 176 Å². The van der Waals surface area contributed by atoms with Crippen LogP contribution in [0, 0.1) is 17.0 Å². The average molecular weight is 412 g/mol. The predicted octanol–water partition coefficient (Wildman–Crippen LogP) is 3.54. The van der Waals surface area contributed by atoms with E-state index in [0.29, 0.717) is 17.9 Å². The van der Waals surface area contributed by atoms with Crippen LogP contribution in [0.1, 0.15) is 44.2 Å². The van der Waals surface area contributed by atoms with Crippen LogP contribution in [0.15, 0.2) is 30.3 Å². The summed E-state index contributed by atoms with van der Waals surface area (Å²) in [5, 5.41) is 24.7. The van der Waals surface area contributed by atoms with Gasteiger partial charge < -0.3 is 10.4 Å². The molecule has 1 saturated heterocycles. The van der Waals surface area contributed by atoms with Crippen LogP contribution in [0.25, 0.3) is 11.4 Å². The molecule has 1 aromatic carbocycles. The zero-order valence-electron chi connectivity index (χ0n) is 17.3. The van der Waals surface area contributed by atoms with Crippen LogP contribution in [-0.2, 0) is 0 Å². The number of hydrogen-bond donors (Lipinski definition) is 2. The number of nitrogens with zero attached hydrogens (tertiary/aromatic N) is 4. The van der Waals surface area contributed by atoms with Crippen LogP contribution in [0.5, 0.6) is 0 Å². The number of nitrogens with one attached hydrogen (secondary N) is 1. The molecule has 0 bridgehead atoms. The van der Waals surface area contributed by atoms with Crippen LogP contribution < -0.4 is 5.32 Å². The molecule has 1 aliphatic carbocycles. The van der Waals surface area contributed by atoms with E-state index in [1.807, 2.05) is 13.0 Å². The molecule has 2 unspecified atom stereocenters. The summed E-state index contributed by atoms with van der Waals surface area (Å²) in [4.78, 5) is 22.1. The Morgan fingerprint density at radius 3 is 2.47 bits per heavy atom. The third-order valence-corrected chi connectivity index (χ3v) is 6.24. The highest BCUT2D eigenvalue weighted by atomic mass is 16.6. The zero-order valence-corrected chi connectivity index (χ0v) is 17.3. The first-order valence-electron chi connectivity index (χ1n) is 10.8. The van der Waals surface area contributed by atoms with Crippen molar-refractivity contribution in [1.82, 2.24) is 14.9 Å². The molecule has 2 aromatic rings. The van der Waals surface area contributed by atoms with Crippen molar-refractivity contribution in [1.29, 1.82) is 0 Å². The van der Waals surface area contributed by atoms with Crippen LogP contribution in [0.2, 0.25) is 0 Å². The molecular formula is C22H29N5O3. The van der Waals surface area contributed by atoms with Gasteiger partial charge in [0.2, 0.25) is 0 Å². The topological polar surface area (TPSA) is 104 Å². The Hall–Kier alpha value is -2.58. The Kier molecular flexibility index (Phi) is 6.24. The number of hydrogen-bond acceptors (Lipinski definition) is 7. The monoisotopic (exact) mass is 411 g/mol. The molecule has 1 aliphatic heterocycles. The van der Waals surface area contributed by atoms with E-state index in [2.05, 4.69) is 20.2 Å². The quantitative estimate of drug-likeness (QED) is 0.573. The molecule has 0 amide bonds. The summed E-state index contributed by atoms with van der Waals surface area (Å²) in [5.41, 5.74) is 1.66. The molecule has 0 spiro atoms. The SMILES string of the molecule is Cc1cc(NC2CCN(C3CCCCC3O)CC2)nc(-c2ccc([N+](=O)[O-])cc2)n1. The smallest absolute Gasteiger partial charge is 0.269 e. The number of piperidine rings is 1. The van der Waals surface area contributed by atoms with Crippen LogP contribution in [0.3, 0.4) is 0 Å². The summed E-state index contributed by atoms with van der Waals surface area (Å²) in [6.07, 6.45) is 6.22. The van der Waals surface area contributed by atoms with E-state index >= 15 is 0 Å². The van der Waals surface area contributed by atoms with E-state index in [4.69, 9.17) is 0 Å². The molecule has 2 N–H and O–H groups in total. The second kappa shape index (κ2) is 9.06. The van der Waals surface area contributed by atoms with Crippen LogP contribution in [-0.4, -0.2) is 56.2 Å². The van der Waals surface area contributed by atoms with E-state index in [1.54, 1.807) is 12.1 Å². The third kappa shape index (κ3) is 4.76. The van der Waals surface area contributed by atoms with Gasteiger partial charge in [-0.25, -0.2) is 9.97 Å². The molecule has 1 saturated carbocycles. The van der Waals surface area contributed by atoms with Gasteiger partial charge in [0.1, 0.15) is 5.82 Å². The minimum atomic E-state index is -0.410. The molecule has 8 nitrogen and oxygen atoms in total. The van der Waals surface area contributed by atoms with Crippen molar-refractivity contribution in [2.75, 3.05) is 18.4 Å². The number of non-ortho nitro benzene ring substituents is 1. The lowest BCUT2D eigenvalue weighted by molar-refractivity contribution is -0.384. The minimum absolute atomic E-state index is 0.0552. The van der Waals surface area contributed by atoms with Gasteiger partial charge in [-0.05, 0) is 44.7 Å². The third-order valence-electron chi connectivity index (χ3n) is 6.24. The van der Waals surface area contributed by atoms with Crippen LogP contribution >= 0.6 is 0 Å². The fraction of sp³-hybridized carbons (Fsp3) is 0.545. The highest BCUT2D eigenvalue weighted by Crippen LogP contribution is 2.27. The number of aromatic nitrogens is 2. The molecule has 0 radical (unpaired) electrons. The van der Waals surface area contributed by atoms with E-state index in [-0.39, 0.29) is 11.8 Å². The molecule has 2 heterocycles. The number of nitro benzene ring substituents is 1. The number of likely N-dealkylation sites (tertiary alicyclic amines) is 1. The lowest BCUT2D eigenvalue weighted by Gasteiger charge is -2.41. The number of anilines is 1. The van der Waals surface area contributed by atoms with Crippen molar-refractivity contribution in [3.8, 4) is 11.4 Å². The number of nitro groups is 1. The Morgan fingerprint density at radius 1 is 1.10 bits per heavy atom. The molecule has 30 heavy (non-hydrogen) atoms. The Morgan fingerprint density at radius 2 is 1.80 bits per heavy atom. The maximum atomic E-state index is 10.9. The second-order valence-electron chi connectivity index (χ2n) is 8.40. The Balaban J connectivity index is 1.40. The summed E-state index contributed by atoms with van der Waals surface area (Å²) in [7, 11) is 0. The summed E-state index contributed by atoms with van der Waals surface area (Å²) in [5.74, 6) is 1.35. The van der Waals surface area contributed by atoms with Crippen molar-refractivity contribution in [2.24, 2.45) is 0 Å². The normalized spacial score (nSPS) is 23.3. The van der Waals surface area contributed by atoms with Crippen molar-refractivity contribution in [2.45, 2.75) is 63.6 Å². The van der Waals surface area contributed by atoms with Gasteiger partial charge in [0.05, 0.1) is 11.0 Å². The lowest BCUT2D eigenvalue weighted by atomic mass is 9.89. The zero-order chi connectivity index (χ0) is 21.1. The number of benzene rings is 1. The fourth-order valence-corrected chi connectivity index (χ4v) is 4.61. The van der Waals surface area contributed by atoms with Gasteiger partial charge in [0, 0.05) is 54.6 Å². The molecule has 1 aromatic heterocycles. The summed E-state index contributed by atoms with van der Waals surface area (Å²) in [6, 6.07) is 8.91. The number of aryl methyl sites for hydroxylation is 1. The molecular weight excluding hydrogens is 382 g/mol. The summed E-state index contributed by atoms with van der Waals surface area (Å²) in [6.45, 7) is 3.89. The largest absolute Gasteiger partial charge is 0.391 e. The predicted molar refractivity (Wildman–Crippen MR) is 115 cm³/mol. The number of rotatable bonds is 5. The first kappa shape index (κ1) is 20.7.